The third kappa shape index (κ3) is 4.17. The summed E-state index contributed by atoms with van der Waals surface area (Å²) < 4.78 is 27.3. The molecule has 0 N–H and O–H groups in total. The van der Waals surface area contributed by atoms with Crippen molar-refractivity contribution in [2.45, 2.75) is 11.9 Å². The summed E-state index contributed by atoms with van der Waals surface area (Å²) >= 11 is 1.53. The van der Waals surface area contributed by atoms with E-state index in [4.69, 9.17) is 23.7 Å². The lowest BCUT2D eigenvalue weighted by Crippen LogP contribution is -2.28. The summed E-state index contributed by atoms with van der Waals surface area (Å²) in [7, 11) is 7.98. The number of amides is 1. The lowest BCUT2D eigenvalue weighted by Gasteiger charge is -2.28. The molecule has 2 aromatic rings. The Morgan fingerprint density at radius 2 is 1.45 bits per heavy atom. The van der Waals surface area contributed by atoms with Crippen molar-refractivity contribution in [3.63, 3.8) is 0 Å². The largest absolute Gasteiger partial charge is 0.497 e. The highest BCUT2D eigenvalue weighted by Gasteiger charge is 2.37. The van der Waals surface area contributed by atoms with Crippen LogP contribution in [0.25, 0.3) is 0 Å². The first-order valence-corrected chi connectivity index (χ1v) is 10.0. The number of nitrogens with zero attached hydrogens (tertiary/aromatic N) is 1. The van der Waals surface area contributed by atoms with E-state index in [1.165, 1.54) is 11.8 Å². The molecule has 1 atom stereocenters. The maximum Gasteiger partial charge on any atom is 0.234 e. The van der Waals surface area contributed by atoms with Gasteiger partial charge in [0.2, 0.25) is 5.91 Å². The van der Waals surface area contributed by atoms with Crippen molar-refractivity contribution in [2.75, 3.05) is 41.3 Å². The van der Waals surface area contributed by atoms with Crippen LogP contribution in [0.3, 0.4) is 0 Å². The number of thioether (sulfide) groups is 1. The Morgan fingerprint density at radius 1 is 0.862 bits per heavy atom. The smallest absolute Gasteiger partial charge is 0.234 e. The molecule has 0 aromatic heterocycles. The fourth-order valence-electron chi connectivity index (χ4n) is 3.31. The van der Waals surface area contributed by atoms with E-state index in [1.54, 1.807) is 47.7 Å². The van der Waals surface area contributed by atoms with Gasteiger partial charge in [-0.3, -0.25) is 4.79 Å². The Labute approximate surface area is 174 Å². The molecule has 1 aliphatic heterocycles. The van der Waals surface area contributed by atoms with Gasteiger partial charge in [-0.15, -0.1) is 11.8 Å². The molecular formula is C21H25NO6S. The number of benzene rings is 2. The lowest BCUT2D eigenvalue weighted by atomic mass is 10.1. The maximum atomic E-state index is 12.7. The van der Waals surface area contributed by atoms with Crippen LogP contribution in [0.2, 0.25) is 0 Å². The predicted octanol–water partition coefficient (Wildman–Crippen LogP) is 3.50. The minimum absolute atomic E-state index is 0.0396. The van der Waals surface area contributed by atoms with Gasteiger partial charge in [0.05, 0.1) is 53.4 Å². The van der Waals surface area contributed by atoms with Crippen LogP contribution in [-0.4, -0.2) is 52.1 Å². The SMILES string of the molecule is COc1ccc(CN2C(=O)CSC2c2c(OC)cc(OC)cc2OC)c(OC)c1. The molecule has 1 aliphatic rings. The number of hydrogen-bond acceptors (Lipinski definition) is 7. The molecule has 156 valence electrons. The van der Waals surface area contributed by atoms with E-state index in [2.05, 4.69) is 0 Å². The van der Waals surface area contributed by atoms with Crippen molar-refractivity contribution >= 4 is 17.7 Å². The molecular weight excluding hydrogens is 394 g/mol. The van der Waals surface area contributed by atoms with Crippen molar-refractivity contribution in [3.8, 4) is 28.7 Å². The van der Waals surface area contributed by atoms with E-state index in [1.807, 2.05) is 23.1 Å². The van der Waals surface area contributed by atoms with Crippen LogP contribution < -0.4 is 23.7 Å². The van der Waals surface area contributed by atoms with E-state index in [0.29, 0.717) is 41.0 Å². The van der Waals surface area contributed by atoms with E-state index < -0.39 is 0 Å². The first-order chi connectivity index (χ1) is 14.1. The highest BCUT2D eigenvalue weighted by molar-refractivity contribution is 8.00. The van der Waals surface area contributed by atoms with Gasteiger partial charge in [-0.2, -0.15) is 0 Å². The van der Waals surface area contributed by atoms with E-state index in [-0.39, 0.29) is 11.3 Å². The molecule has 0 aliphatic carbocycles. The van der Waals surface area contributed by atoms with E-state index >= 15 is 0 Å². The van der Waals surface area contributed by atoms with Gasteiger partial charge in [-0.1, -0.05) is 0 Å². The number of methoxy groups -OCH3 is 5. The molecule has 29 heavy (non-hydrogen) atoms. The molecule has 1 fully saturated rings. The molecule has 1 saturated heterocycles. The third-order valence-electron chi connectivity index (χ3n) is 4.80. The number of hydrogen-bond donors (Lipinski definition) is 0. The highest BCUT2D eigenvalue weighted by atomic mass is 32.2. The number of rotatable bonds is 8. The Morgan fingerprint density at radius 3 is 2.00 bits per heavy atom. The first-order valence-electron chi connectivity index (χ1n) is 8.98. The molecule has 0 radical (unpaired) electrons. The first kappa shape index (κ1) is 21.0. The Hall–Kier alpha value is -2.74. The summed E-state index contributed by atoms with van der Waals surface area (Å²) in [5.74, 6) is 3.63. The van der Waals surface area contributed by atoms with Gasteiger partial charge in [0.1, 0.15) is 34.1 Å². The summed E-state index contributed by atoms with van der Waals surface area (Å²) in [5, 5.41) is -0.259. The molecule has 7 nitrogen and oxygen atoms in total. The second kappa shape index (κ2) is 9.17. The summed E-state index contributed by atoms with van der Waals surface area (Å²) in [6.45, 7) is 0.391. The average molecular weight is 419 g/mol. The number of carbonyl (C=O) groups excluding carboxylic acids is 1. The van der Waals surface area contributed by atoms with Crippen LogP contribution >= 0.6 is 11.8 Å². The van der Waals surface area contributed by atoms with Crippen molar-refractivity contribution in [1.82, 2.24) is 4.90 Å². The van der Waals surface area contributed by atoms with Gasteiger partial charge in [-0.05, 0) is 12.1 Å². The van der Waals surface area contributed by atoms with Crippen LogP contribution in [0.4, 0.5) is 0 Å². The Bertz CT molecular complexity index is 862. The highest BCUT2D eigenvalue weighted by Crippen LogP contribution is 2.49. The van der Waals surface area contributed by atoms with Crippen molar-refractivity contribution < 1.29 is 28.5 Å². The molecule has 0 saturated carbocycles. The van der Waals surface area contributed by atoms with Crippen LogP contribution in [0.1, 0.15) is 16.5 Å². The fourth-order valence-corrected chi connectivity index (χ4v) is 4.54. The third-order valence-corrected chi connectivity index (χ3v) is 6.02. The Kier molecular flexibility index (Phi) is 6.64. The minimum atomic E-state index is -0.259. The van der Waals surface area contributed by atoms with Crippen LogP contribution in [0, 0.1) is 0 Å². The summed E-state index contributed by atoms with van der Waals surface area (Å²) in [4.78, 5) is 14.5. The summed E-state index contributed by atoms with van der Waals surface area (Å²) in [5.41, 5.74) is 1.69. The van der Waals surface area contributed by atoms with Crippen molar-refractivity contribution in [3.05, 3.63) is 41.5 Å². The molecule has 0 bridgehead atoms. The van der Waals surface area contributed by atoms with Gasteiger partial charge >= 0.3 is 0 Å². The van der Waals surface area contributed by atoms with E-state index in [9.17, 15) is 4.79 Å². The average Bonchev–Trinajstić information content (AvgIpc) is 3.12. The normalized spacial score (nSPS) is 16.0. The van der Waals surface area contributed by atoms with Crippen LogP contribution in [0.15, 0.2) is 30.3 Å². The zero-order valence-corrected chi connectivity index (χ0v) is 18.0. The standard InChI is InChI=1S/C21H25NO6S/c1-24-14-7-6-13(16(8-14)26-3)11-22-19(23)12-29-21(22)20-17(27-4)9-15(25-2)10-18(20)28-5/h6-10,21H,11-12H2,1-5H3. The van der Waals surface area contributed by atoms with Gasteiger partial charge in [-0.25, -0.2) is 0 Å². The number of ether oxygens (including phenoxy) is 5. The van der Waals surface area contributed by atoms with Gasteiger partial charge in [0.25, 0.3) is 0 Å². The van der Waals surface area contributed by atoms with Crippen LogP contribution in [-0.2, 0) is 11.3 Å². The van der Waals surface area contributed by atoms with E-state index in [0.717, 1.165) is 11.1 Å². The summed E-state index contributed by atoms with van der Waals surface area (Å²) in [6.07, 6.45) is 0. The monoisotopic (exact) mass is 419 g/mol. The zero-order chi connectivity index (χ0) is 21.0. The lowest BCUT2D eigenvalue weighted by molar-refractivity contribution is -0.128. The maximum absolute atomic E-state index is 12.7. The van der Waals surface area contributed by atoms with Crippen LogP contribution in [0.5, 0.6) is 28.7 Å². The zero-order valence-electron chi connectivity index (χ0n) is 17.2. The van der Waals surface area contributed by atoms with Gasteiger partial charge in [0.15, 0.2) is 0 Å². The second-order valence-corrected chi connectivity index (χ2v) is 7.38. The second-order valence-electron chi connectivity index (χ2n) is 6.31. The fraction of sp³-hybridized carbons (Fsp3) is 0.381. The summed E-state index contributed by atoms with van der Waals surface area (Å²) in [6, 6.07) is 9.18. The van der Waals surface area contributed by atoms with Gasteiger partial charge < -0.3 is 28.6 Å². The van der Waals surface area contributed by atoms with Gasteiger partial charge in [0, 0.05) is 23.8 Å². The molecule has 1 unspecified atom stereocenters. The predicted molar refractivity (Wildman–Crippen MR) is 111 cm³/mol. The van der Waals surface area contributed by atoms with Crippen molar-refractivity contribution in [2.24, 2.45) is 0 Å². The quantitative estimate of drug-likeness (QED) is 0.649. The molecule has 2 aromatic carbocycles. The van der Waals surface area contributed by atoms with Crippen molar-refractivity contribution in [1.29, 1.82) is 0 Å². The molecule has 3 rings (SSSR count). The topological polar surface area (TPSA) is 66.5 Å². The molecule has 8 heteroatoms. The number of carbonyl (C=O) groups is 1. The molecule has 1 amide bonds. The Balaban J connectivity index is 2.00. The molecule has 1 heterocycles. The minimum Gasteiger partial charge on any atom is -0.497 e. The molecule has 0 spiro atoms.